The first-order chi connectivity index (χ1) is 12.2. The minimum absolute atomic E-state index is 0.0602. The zero-order valence-corrected chi connectivity index (χ0v) is 16.1. The van der Waals surface area contributed by atoms with Gasteiger partial charge in [-0.1, -0.05) is 56.3 Å². The Morgan fingerprint density at radius 3 is 2.35 bits per heavy atom. The SMILES string of the molecule is CC(C)C(NC(=O)OC(C)(C)C)C(=O)NCc1cccc2ccccc12. The molecule has 2 N–H and O–H groups in total. The van der Waals surface area contributed by atoms with Gasteiger partial charge in [-0.2, -0.15) is 0 Å². The van der Waals surface area contributed by atoms with Crippen molar-refractivity contribution >= 4 is 22.8 Å². The lowest BCUT2D eigenvalue weighted by molar-refractivity contribution is -0.124. The molecule has 1 atom stereocenters. The van der Waals surface area contributed by atoms with Gasteiger partial charge >= 0.3 is 6.09 Å². The molecular weight excluding hydrogens is 328 g/mol. The van der Waals surface area contributed by atoms with Crippen LogP contribution in [0, 0.1) is 5.92 Å². The van der Waals surface area contributed by atoms with Crippen LogP contribution in [0.25, 0.3) is 10.8 Å². The highest BCUT2D eigenvalue weighted by Crippen LogP contribution is 2.18. The third-order valence-electron chi connectivity index (χ3n) is 3.95. The fourth-order valence-electron chi connectivity index (χ4n) is 2.71. The van der Waals surface area contributed by atoms with Crippen molar-refractivity contribution < 1.29 is 14.3 Å². The molecule has 1 unspecified atom stereocenters. The van der Waals surface area contributed by atoms with Crippen LogP contribution in [-0.2, 0) is 16.1 Å². The number of fused-ring (bicyclic) bond motifs is 1. The van der Waals surface area contributed by atoms with Gasteiger partial charge in [0.2, 0.25) is 5.91 Å². The minimum Gasteiger partial charge on any atom is -0.444 e. The summed E-state index contributed by atoms with van der Waals surface area (Å²) < 4.78 is 5.26. The molecule has 0 bridgehead atoms. The van der Waals surface area contributed by atoms with Crippen molar-refractivity contribution in [2.75, 3.05) is 0 Å². The summed E-state index contributed by atoms with van der Waals surface area (Å²) in [6.07, 6.45) is -0.587. The van der Waals surface area contributed by atoms with Crippen molar-refractivity contribution in [3.05, 3.63) is 48.0 Å². The van der Waals surface area contributed by atoms with Crippen molar-refractivity contribution in [3.63, 3.8) is 0 Å². The quantitative estimate of drug-likeness (QED) is 0.851. The van der Waals surface area contributed by atoms with Crippen molar-refractivity contribution in [1.82, 2.24) is 10.6 Å². The van der Waals surface area contributed by atoms with E-state index in [9.17, 15) is 9.59 Å². The lowest BCUT2D eigenvalue weighted by Gasteiger charge is -2.25. The Kier molecular flexibility index (Phi) is 6.24. The van der Waals surface area contributed by atoms with Crippen LogP contribution in [-0.4, -0.2) is 23.6 Å². The van der Waals surface area contributed by atoms with Gasteiger partial charge in [0.1, 0.15) is 11.6 Å². The van der Waals surface area contributed by atoms with E-state index in [4.69, 9.17) is 4.74 Å². The lowest BCUT2D eigenvalue weighted by atomic mass is 10.0. The van der Waals surface area contributed by atoms with Crippen LogP contribution in [0.1, 0.15) is 40.2 Å². The predicted octanol–water partition coefficient (Wildman–Crippen LogP) is 4.01. The molecule has 26 heavy (non-hydrogen) atoms. The van der Waals surface area contributed by atoms with Crippen LogP contribution < -0.4 is 10.6 Å². The van der Waals surface area contributed by atoms with Crippen LogP contribution in [0.15, 0.2) is 42.5 Å². The second-order valence-electron chi connectivity index (χ2n) is 7.72. The summed E-state index contributed by atoms with van der Waals surface area (Å²) >= 11 is 0. The summed E-state index contributed by atoms with van der Waals surface area (Å²) in [5, 5.41) is 7.84. The molecule has 2 amide bonds. The normalized spacial score (nSPS) is 12.7. The number of carbonyl (C=O) groups is 2. The molecule has 0 aliphatic heterocycles. The van der Waals surface area contributed by atoms with E-state index in [1.54, 1.807) is 20.8 Å². The van der Waals surface area contributed by atoms with Gasteiger partial charge in [0, 0.05) is 6.54 Å². The van der Waals surface area contributed by atoms with E-state index >= 15 is 0 Å². The first kappa shape index (κ1) is 19.8. The highest BCUT2D eigenvalue weighted by atomic mass is 16.6. The van der Waals surface area contributed by atoms with Crippen molar-refractivity contribution in [1.29, 1.82) is 0 Å². The molecule has 0 aliphatic carbocycles. The van der Waals surface area contributed by atoms with Gasteiger partial charge in [-0.3, -0.25) is 4.79 Å². The van der Waals surface area contributed by atoms with Gasteiger partial charge in [0.15, 0.2) is 0 Å². The van der Waals surface area contributed by atoms with E-state index in [0.717, 1.165) is 16.3 Å². The summed E-state index contributed by atoms with van der Waals surface area (Å²) in [4.78, 5) is 24.6. The monoisotopic (exact) mass is 356 g/mol. The van der Waals surface area contributed by atoms with Crippen LogP contribution in [0.2, 0.25) is 0 Å². The first-order valence-electron chi connectivity index (χ1n) is 8.91. The number of benzene rings is 2. The third-order valence-corrected chi connectivity index (χ3v) is 3.95. The average molecular weight is 356 g/mol. The van der Waals surface area contributed by atoms with Crippen molar-refractivity contribution in [3.8, 4) is 0 Å². The molecule has 2 aromatic rings. The molecule has 2 aromatic carbocycles. The summed E-state index contributed by atoms with van der Waals surface area (Å²) in [6, 6.07) is 13.4. The van der Waals surface area contributed by atoms with Crippen LogP contribution in [0.3, 0.4) is 0 Å². The highest BCUT2D eigenvalue weighted by Gasteiger charge is 2.26. The smallest absolute Gasteiger partial charge is 0.408 e. The summed E-state index contributed by atoms with van der Waals surface area (Å²) in [5.74, 6) is -0.283. The van der Waals surface area contributed by atoms with Gasteiger partial charge in [0.05, 0.1) is 0 Å². The molecule has 0 aliphatic rings. The molecule has 0 saturated carbocycles. The second-order valence-corrected chi connectivity index (χ2v) is 7.72. The van der Waals surface area contributed by atoms with Crippen LogP contribution >= 0.6 is 0 Å². The maximum absolute atomic E-state index is 12.6. The molecular formula is C21H28N2O3. The Hall–Kier alpha value is -2.56. The van der Waals surface area contributed by atoms with Gasteiger partial charge in [-0.25, -0.2) is 4.79 Å². The molecule has 2 rings (SSSR count). The minimum atomic E-state index is -0.653. The molecule has 0 saturated heterocycles. The van der Waals surface area contributed by atoms with Gasteiger partial charge in [0.25, 0.3) is 0 Å². The summed E-state index contributed by atoms with van der Waals surface area (Å²) in [5.41, 5.74) is 0.432. The van der Waals surface area contributed by atoms with Crippen LogP contribution in [0.4, 0.5) is 4.79 Å². The Morgan fingerprint density at radius 1 is 1.04 bits per heavy atom. The molecule has 5 heteroatoms. The Bertz CT molecular complexity index is 773. The first-order valence-corrected chi connectivity index (χ1v) is 8.91. The molecule has 0 aromatic heterocycles. The molecule has 0 heterocycles. The third kappa shape index (κ3) is 5.48. The average Bonchev–Trinajstić information content (AvgIpc) is 2.55. The zero-order valence-electron chi connectivity index (χ0n) is 16.1. The van der Waals surface area contributed by atoms with E-state index in [0.29, 0.717) is 6.54 Å². The van der Waals surface area contributed by atoms with Gasteiger partial charge in [-0.05, 0) is 43.0 Å². The fraction of sp³-hybridized carbons (Fsp3) is 0.429. The Labute approximate surface area is 155 Å². The van der Waals surface area contributed by atoms with E-state index in [1.165, 1.54) is 0 Å². The van der Waals surface area contributed by atoms with E-state index in [1.807, 2.05) is 56.3 Å². The van der Waals surface area contributed by atoms with Crippen LogP contribution in [0.5, 0.6) is 0 Å². The standard InChI is InChI=1S/C21H28N2O3/c1-14(2)18(23-20(25)26-21(3,4)5)19(24)22-13-16-11-8-10-15-9-6-7-12-17(15)16/h6-12,14,18H,13H2,1-5H3,(H,22,24)(H,23,25). The number of carbonyl (C=O) groups excluding carboxylic acids is 2. The molecule has 0 spiro atoms. The number of hydrogen-bond acceptors (Lipinski definition) is 3. The summed E-state index contributed by atoms with van der Waals surface area (Å²) in [7, 11) is 0. The molecule has 5 nitrogen and oxygen atoms in total. The maximum Gasteiger partial charge on any atom is 0.408 e. The fourth-order valence-corrected chi connectivity index (χ4v) is 2.71. The number of ether oxygens (including phenoxy) is 1. The van der Waals surface area contributed by atoms with Gasteiger partial charge < -0.3 is 15.4 Å². The highest BCUT2D eigenvalue weighted by molar-refractivity contribution is 5.88. The number of rotatable bonds is 5. The maximum atomic E-state index is 12.6. The topological polar surface area (TPSA) is 67.4 Å². The number of alkyl carbamates (subject to hydrolysis) is 1. The van der Waals surface area contributed by atoms with E-state index < -0.39 is 17.7 Å². The predicted molar refractivity (Wildman–Crippen MR) is 104 cm³/mol. The largest absolute Gasteiger partial charge is 0.444 e. The van der Waals surface area contributed by atoms with Gasteiger partial charge in [-0.15, -0.1) is 0 Å². The summed E-state index contributed by atoms with van der Waals surface area (Å²) in [6.45, 7) is 9.55. The second kappa shape index (κ2) is 8.21. The van der Waals surface area contributed by atoms with E-state index in [2.05, 4.69) is 10.6 Å². The number of amides is 2. The molecule has 140 valence electrons. The van der Waals surface area contributed by atoms with E-state index in [-0.39, 0.29) is 11.8 Å². The number of nitrogens with one attached hydrogen (secondary N) is 2. The van der Waals surface area contributed by atoms with Crippen molar-refractivity contribution in [2.45, 2.75) is 52.8 Å². The molecule has 0 fully saturated rings. The lowest BCUT2D eigenvalue weighted by Crippen LogP contribution is -2.50. The Balaban J connectivity index is 2.04. The Morgan fingerprint density at radius 2 is 1.69 bits per heavy atom. The zero-order chi connectivity index (χ0) is 19.3. The van der Waals surface area contributed by atoms with Crippen molar-refractivity contribution in [2.24, 2.45) is 5.92 Å². The number of hydrogen-bond donors (Lipinski definition) is 2. The molecule has 0 radical (unpaired) electrons.